The lowest BCUT2D eigenvalue weighted by Crippen LogP contribution is -2.08. The minimum atomic E-state index is -0.321. The van der Waals surface area contributed by atoms with Gasteiger partial charge in [0.05, 0.1) is 27.0 Å². The van der Waals surface area contributed by atoms with Crippen molar-refractivity contribution in [2.75, 3.05) is 5.32 Å². The SMILES string of the molecule is C=CCCc1nc(-c2cccc(NC(C)=C3CCC3)c2F)c(-c2ccnc(Cl)n2)s1. The Morgan fingerprint density at radius 2 is 2.13 bits per heavy atom. The summed E-state index contributed by atoms with van der Waals surface area (Å²) >= 11 is 7.50. The zero-order valence-electron chi connectivity index (χ0n) is 16.7. The van der Waals surface area contributed by atoms with E-state index in [0.717, 1.165) is 41.3 Å². The second-order valence-electron chi connectivity index (χ2n) is 7.20. The molecule has 0 atom stereocenters. The van der Waals surface area contributed by atoms with Crippen LogP contribution in [0.4, 0.5) is 10.1 Å². The van der Waals surface area contributed by atoms with Crippen molar-refractivity contribution in [1.82, 2.24) is 15.0 Å². The fraction of sp³-hybridized carbons (Fsp3) is 0.261. The van der Waals surface area contributed by atoms with Gasteiger partial charge in [0, 0.05) is 23.9 Å². The number of aromatic nitrogens is 3. The summed E-state index contributed by atoms with van der Waals surface area (Å²) in [5, 5.41) is 4.31. The number of rotatable bonds is 7. The van der Waals surface area contributed by atoms with Crippen LogP contribution in [0.2, 0.25) is 5.28 Å². The van der Waals surface area contributed by atoms with Crippen LogP contribution in [0, 0.1) is 5.82 Å². The molecule has 2 heterocycles. The molecule has 154 valence electrons. The van der Waals surface area contributed by atoms with Gasteiger partial charge in [-0.1, -0.05) is 17.7 Å². The molecule has 1 fully saturated rings. The third-order valence-electron chi connectivity index (χ3n) is 5.16. The topological polar surface area (TPSA) is 50.7 Å². The van der Waals surface area contributed by atoms with Crippen molar-refractivity contribution in [2.24, 2.45) is 0 Å². The molecule has 0 amide bonds. The lowest BCUT2D eigenvalue weighted by atomic mass is 9.91. The molecule has 0 unspecified atom stereocenters. The van der Waals surface area contributed by atoms with Gasteiger partial charge in [-0.2, -0.15) is 0 Å². The third-order valence-corrected chi connectivity index (χ3v) is 6.48. The van der Waals surface area contributed by atoms with E-state index in [1.165, 1.54) is 23.3 Å². The van der Waals surface area contributed by atoms with E-state index in [1.807, 2.05) is 19.1 Å². The van der Waals surface area contributed by atoms with Crippen molar-refractivity contribution in [2.45, 2.75) is 39.0 Å². The van der Waals surface area contributed by atoms with Crippen LogP contribution in [0.3, 0.4) is 0 Å². The molecule has 3 aromatic rings. The monoisotopic (exact) mass is 440 g/mol. The summed E-state index contributed by atoms with van der Waals surface area (Å²) < 4.78 is 15.5. The average molecular weight is 441 g/mol. The maximum absolute atomic E-state index is 15.5. The second-order valence-corrected chi connectivity index (χ2v) is 8.62. The number of benzene rings is 1. The first-order chi connectivity index (χ1) is 14.6. The number of thiazole rings is 1. The summed E-state index contributed by atoms with van der Waals surface area (Å²) in [5.41, 5.74) is 4.50. The van der Waals surface area contributed by atoms with Gasteiger partial charge >= 0.3 is 0 Å². The number of nitrogens with one attached hydrogen (secondary N) is 1. The van der Waals surface area contributed by atoms with Gasteiger partial charge in [-0.05, 0) is 62.4 Å². The highest BCUT2D eigenvalue weighted by Crippen LogP contribution is 2.39. The summed E-state index contributed by atoms with van der Waals surface area (Å²) in [4.78, 5) is 13.8. The maximum atomic E-state index is 15.5. The summed E-state index contributed by atoms with van der Waals surface area (Å²) in [5.74, 6) is -0.321. The minimum Gasteiger partial charge on any atom is -0.357 e. The standard InChI is InChI=1S/C23H22ClFN4S/c1-3-4-11-19-29-21(22(30-19)18-12-13-26-23(24)28-18)16-9-6-10-17(20(16)25)27-14(2)15-7-5-8-15/h3,6,9-10,12-13,27H,1,4-5,7-8,11H2,2H3. The van der Waals surface area contributed by atoms with Crippen molar-refractivity contribution in [3.63, 3.8) is 0 Å². The van der Waals surface area contributed by atoms with E-state index < -0.39 is 0 Å². The van der Waals surface area contributed by atoms with Crippen LogP contribution in [0.1, 0.15) is 37.6 Å². The molecule has 2 aromatic heterocycles. The van der Waals surface area contributed by atoms with Gasteiger partial charge in [0.1, 0.15) is 0 Å². The Bertz CT molecular complexity index is 1120. The third kappa shape index (κ3) is 4.30. The number of hydrogen-bond acceptors (Lipinski definition) is 5. The van der Waals surface area contributed by atoms with Gasteiger partial charge in [-0.25, -0.2) is 19.3 Å². The number of anilines is 1. The summed E-state index contributed by atoms with van der Waals surface area (Å²) in [6, 6.07) is 7.13. The van der Waals surface area contributed by atoms with Crippen molar-refractivity contribution in [3.05, 3.63) is 70.5 Å². The van der Waals surface area contributed by atoms with E-state index in [-0.39, 0.29) is 11.1 Å². The van der Waals surface area contributed by atoms with E-state index in [0.29, 0.717) is 22.6 Å². The molecular weight excluding hydrogens is 419 g/mol. The minimum absolute atomic E-state index is 0.151. The Balaban J connectivity index is 1.78. The molecule has 0 bridgehead atoms. The smallest absolute Gasteiger partial charge is 0.222 e. The van der Waals surface area contributed by atoms with Crippen LogP contribution in [0.25, 0.3) is 21.8 Å². The van der Waals surface area contributed by atoms with Gasteiger partial charge in [0.15, 0.2) is 5.82 Å². The fourth-order valence-electron chi connectivity index (χ4n) is 3.34. The number of aryl methyl sites for hydroxylation is 1. The van der Waals surface area contributed by atoms with Crippen LogP contribution in [0.15, 0.2) is 54.4 Å². The number of nitrogens with zero attached hydrogens (tertiary/aromatic N) is 3. The number of halogens is 2. The number of hydrogen-bond donors (Lipinski definition) is 1. The molecule has 1 saturated carbocycles. The highest BCUT2D eigenvalue weighted by molar-refractivity contribution is 7.15. The molecule has 1 aliphatic carbocycles. The molecule has 30 heavy (non-hydrogen) atoms. The Morgan fingerprint density at radius 1 is 1.30 bits per heavy atom. The first kappa shape index (κ1) is 20.7. The zero-order chi connectivity index (χ0) is 21.1. The van der Waals surface area contributed by atoms with E-state index in [4.69, 9.17) is 16.6 Å². The van der Waals surface area contributed by atoms with E-state index >= 15 is 4.39 Å². The molecular formula is C23H22ClFN4S. The normalized spacial score (nSPS) is 13.1. The summed E-state index contributed by atoms with van der Waals surface area (Å²) in [6.45, 7) is 5.78. The quantitative estimate of drug-likeness (QED) is 0.316. The lowest BCUT2D eigenvalue weighted by molar-refractivity contribution is 0.631. The van der Waals surface area contributed by atoms with E-state index in [1.54, 1.807) is 24.4 Å². The first-order valence-corrected chi connectivity index (χ1v) is 11.1. The predicted octanol–water partition coefficient (Wildman–Crippen LogP) is 7.05. The van der Waals surface area contributed by atoms with Crippen molar-refractivity contribution in [1.29, 1.82) is 0 Å². The van der Waals surface area contributed by atoms with Gasteiger partial charge in [0.25, 0.3) is 0 Å². The van der Waals surface area contributed by atoms with Crippen molar-refractivity contribution >= 4 is 28.6 Å². The summed E-state index contributed by atoms with van der Waals surface area (Å²) in [6.07, 6.45) is 8.35. The lowest BCUT2D eigenvalue weighted by Gasteiger charge is -2.21. The van der Waals surface area contributed by atoms with Gasteiger partial charge in [-0.3, -0.25) is 0 Å². The van der Waals surface area contributed by atoms with E-state index in [2.05, 4.69) is 21.9 Å². The highest BCUT2D eigenvalue weighted by Gasteiger charge is 2.21. The Labute approximate surface area is 184 Å². The molecule has 0 saturated heterocycles. The van der Waals surface area contributed by atoms with Crippen LogP contribution >= 0.6 is 22.9 Å². The van der Waals surface area contributed by atoms with Gasteiger partial charge in [0.2, 0.25) is 5.28 Å². The predicted molar refractivity (Wildman–Crippen MR) is 122 cm³/mol. The van der Waals surface area contributed by atoms with Crippen LogP contribution in [0.5, 0.6) is 0 Å². The van der Waals surface area contributed by atoms with Gasteiger partial charge in [-0.15, -0.1) is 17.9 Å². The molecule has 4 nitrogen and oxygen atoms in total. The first-order valence-electron chi connectivity index (χ1n) is 9.91. The molecule has 7 heteroatoms. The largest absolute Gasteiger partial charge is 0.357 e. The summed E-state index contributed by atoms with van der Waals surface area (Å²) in [7, 11) is 0. The van der Waals surface area contributed by atoms with Crippen LogP contribution in [-0.4, -0.2) is 15.0 Å². The molecule has 0 radical (unpaired) electrons. The molecule has 4 rings (SSSR count). The highest BCUT2D eigenvalue weighted by atomic mass is 35.5. The molecule has 0 aliphatic heterocycles. The van der Waals surface area contributed by atoms with Crippen LogP contribution in [-0.2, 0) is 6.42 Å². The Kier molecular flexibility index (Phi) is 6.25. The Hall–Kier alpha value is -2.57. The average Bonchev–Trinajstić information content (AvgIpc) is 3.10. The van der Waals surface area contributed by atoms with Gasteiger partial charge < -0.3 is 5.32 Å². The van der Waals surface area contributed by atoms with Crippen molar-refractivity contribution in [3.8, 4) is 21.8 Å². The van der Waals surface area contributed by atoms with Crippen molar-refractivity contribution < 1.29 is 4.39 Å². The molecule has 1 aromatic carbocycles. The maximum Gasteiger partial charge on any atom is 0.222 e. The Morgan fingerprint density at radius 3 is 2.83 bits per heavy atom. The van der Waals surface area contributed by atoms with Crippen LogP contribution < -0.4 is 5.32 Å². The fourth-order valence-corrected chi connectivity index (χ4v) is 4.56. The molecule has 1 N–H and O–H groups in total. The van der Waals surface area contributed by atoms with E-state index in [9.17, 15) is 0 Å². The zero-order valence-corrected chi connectivity index (χ0v) is 18.3. The second kappa shape index (κ2) is 9.06. The molecule has 1 aliphatic rings. The number of allylic oxidation sites excluding steroid dienone is 3. The molecule has 0 spiro atoms.